The first-order chi connectivity index (χ1) is 27.1. The third-order valence-electron chi connectivity index (χ3n) is 9.66. The first-order valence-corrected chi connectivity index (χ1v) is 17.5. The summed E-state index contributed by atoms with van der Waals surface area (Å²) in [5.74, 6) is -5.87. The van der Waals surface area contributed by atoms with Crippen molar-refractivity contribution in [3.63, 3.8) is 0 Å². The fourth-order valence-corrected chi connectivity index (χ4v) is 6.46. The minimum absolute atomic E-state index is 0.0450. The van der Waals surface area contributed by atoms with Gasteiger partial charge in [0, 0.05) is 23.0 Å². The molecule has 0 aliphatic carbocycles. The Balaban J connectivity index is 1.59. The van der Waals surface area contributed by atoms with Gasteiger partial charge in [-0.25, -0.2) is 9.59 Å². The van der Waals surface area contributed by atoms with E-state index in [1.54, 1.807) is 0 Å². The molecule has 4 aliphatic rings. The van der Waals surface area contributed by atoms with Crippen LogP contribution in [-0.2, 0) is 66.5 Å². The van der Waals surface area contributed by atoms with E-state index in [4.69, 9.17) is 47.4 Å². The van der Waals surface area contributed by atoms with Crippen LogP contribution in [-0.4, -0.2) is 180 Å². The maximum absolute atomic E-state index is 13.4. The Bertz CT molecular complexity index is 1550. The lowest BCUT2D eigenvalue weighted by molar-refractivity contribution is -0.328. The summed E-state index contributed by atoms with van der Waals surface area (Å²) in [5, 5.41) is 81.1. The molecule has 0 bridgehead atoms. The van der Waals surface area contributed by atoms with Crippen LogP contribution in [0.2, 0.25) is 0 Å². The SMILES string of the molecule is CC=C1C(OC2OC(CO)C(O)C(O)C2O)OC=C(C(=O)OC)C1CC(=O)OCC=C1C(OC2OC(CO)C(O)C(O)C2O)OC=C(C(=O)OC)C1CC(=O)OC. The van der Waals surface area contributed by atoms with Crippen LogP contribution in [0.1, 0.15) is 19.8 Å². The average molecular weight is 821 g/mol. The first kappa shape index (κ1) is 45.7. The van der Waals surface area contributed by atoms with Gasteiger partial charge >= 0.3 is 23.9 Å². The van der Waals surface area contributed by atoms with Gasteiger partial charge in [0.1, 0.15) is 55.4 Å². The minimum Gasteiger partial charge on any atom is -0.469 e. The van der Waals surface area contributed by atoms with Crippen molar-refractivity contribution in [2.24, 2.45) is 11.8 Å². The van der Waals surface area contributed by atoms with Crippen molar-refractivity contribution in [1.82, 2.24) is 0 Å². The molecule has 0 spiro atoms. The molecule has 0 aromatic carbocycles. The van der Waals surface area contributed by atoms with Crippen molar-refractivity contribution >= 4 is 23.9 Å². The number of methoxy groups -OCH3 is 3. The molecular weight excluding hydrogens is 772 g/mol. The van der Waals surface area contributed by atoms with Crippen molar-refractivity contribution in [2.75, 3.05) is 41.2 Å². The quantitative estimate of drug-likeness (QED) is 0.0471. The molecule has 14 unspecified atom stereocenters. The molecule has 2 fully saturated rings. The van der Waals surface area contributed by atoms with Crippen LogP contribution in [0.25, 0.3) is 0 Å². The Labute approximate surface area is 325 Å². The molecule has 22 nitrogen and oxygen atoms in total. The fourth-order valence-electron chi connectivity index (χ4n) is 6.46. The highest BCUT2D eigenvalue weighted by Gasteiger charge is 2.49. The average Bonchev–Trinajstić information content (AvgIpc) is 3.21. The van der Waals surface area contributed by atoms with Gasteiger partial charge in [-0.3, -0.25) is 9.59 Å². The van der Waals surface area contributed by atoms with E-state index in [0.717, 1.165) is 33.9 Å². The van der Waals surface area contributed by atoms with Gasteiger partial charge in [-0.15, -0.1) is 0 Å². The second kappa shape index (κ2) is 20.6. The lowest BCUT2D eigenvalue weighted by atomic mass is 9.86. The number of ether oxygens (including phenoxy) is 10. The van der Waals surface area contributed by atoms with Crippen molar-refractivity contribution in [1.29, 1.82) is 0 Å². The summed E-state index contributed by atoms with van der Waals surface area (Å²) in [6.45, 7) is -0.575. The molecule has 14 atom stereocenters. The van der Waals surface area contributed by atoms with E-state index in [-0.39, 0.29) is 22.3 Å². The molecule has 4 aliphatic heterocycles. The summed E-state index contributed by atoms with van der Waals surface area (Å²) in [6.07, 6.45) is -16.3. The molecule has 320 valence electrons. The van der Waals surface area contributed by atoms with Crippen molar-refractivity contribution in [3.8, 4) is 0 Å². The summed E-state index contributed by atoms with van der Waals surface area (Å²) in [4.78, 5) is 51.5. The summed E-state index contributed by atoms with van der Waals surface area (Å²) in [6, 6.07) is 0. The molecule has 0 aromatic rings. The van der Waals surface area contributed by atoms with Gasteiger partial charge < -0.3 is 88.2 Å². The maximum atomic E-state index is 13.4. The second-order valence-corrected chi connectivity index (χ2v) is 13.0. The normalized spacial score (nSPS) is 36.9. The number of hydrogen-bond acceptors (Lipinski definition) is 22. The zero-order valence-electron chi connectivity index (χ0n) is 31.2. The van der Waals surface area contributed by atoms with Crippen molar-refractivity contribution in [2.45, 2.75) is 93.8 Å². The summed E-state index contributed by atoms with van der Waals surface area (Å²) < 4.78 is 53.5. The van der Waals surface area contributed by atoms with E-state index in [1.807, 2.05) is 0 Å². The third kappa shape index (κ3) is 10.3. The number of carbonyl (C=O) groups excluding carboxylic acids is 4. The molecule has 2 saturated heterocycles. The van der Waals surface area contributed by atoms with E-state index in [2.05, 4.69) is 0 Å². The highest BCUT2D eigenvalue weighted by Crippen LogP contribution is 2.38. The zero-order chi connectivity index (χ0) is 42.1. The van der Waals surface area contributed by atoms with E-state index >= 15 is 0 Å². The molecule has 0 amide bonds. The highest BCUT2D eigenvalue weighted by atomic mass is 16.8. The van der Waals surface area contributed by atoms with Crippen LogP contribution in [0.4, 0.5) is 0 Å². The number of aliphatic hydroxyl groups excluding tert-OH is 8. The first-order valence-electron chi connectivity index (χ1n) is 17.5. The number of aliphatic hydroxyl groups is 8. The molecule has 4 rings (SSSR count). The van der Waals surface area contributed by atoms with Crippen LogP contribution >= 0.6 is 0 Å². The second-order valence-electron chi connectivity index (χ2n) is 13.0. The fraction of sp³-hybridized carbons (Fsp3) is 0.657. The van der Waals surface area contributed by atoms with Crippen LogP contribution in [0, 0.1) is 11.8 Å². The Morgan fingerprint density at radius 2 is 1.07 bits per heavy atom. The van der Waals surface area contributed by atoms with E-state index in [0.29, 0.717) is 0 Å². The van der Waals surface area contributed by atoms with Crippen molar-refractivity contribution in [3.05, 3.63) is 47.0 Å². The molecule has 0 aromatic heterocycles. The summed E-state index contributed by atoms with van der Waals surface area (Å²) in [7, 11) is 3.27. The number of allylic oxidation sites excluding steroid dienone is 1. The number of rotatable bonds is 14. The van der Waals surface area contributed by atoms with Crippen LogP contribution in [0.5, 0.6) is 0 Å². The number of esters is 4. The molecule has 22 heteroatoms. The number of hydrogen-bond donors (Lipinski definition) is 8. The van der Waals surface area contributed by atoms with Gasteiger partial charge in [-0.1, -0.05) is 6.08 Å². The third-order valence-corrected chi connectivity index (χ3v) is 9.66. The van der Waals surface area contributed by atoms with Crippen LogP contribution < -0.4 is 0 Å². The predicted octanol–water partition coefficient (Wildman–Crippen LogP) is -3.95. The van der Waals surface area contributed by atoms with Gasteiger partial charge in [-0.2, -0.15) is 0 Å². The molecule has 8 N–H and O–H groups in total. The lowest BCUT2D eigenvalue weighted by Crippen LogP contribution is -2.60. The standard InChI is InChI=1S/C35H48O22/c1-5-14-16(18(30(46)49-3)12-52-32(14)56-34-28(44)26(42)24(40)20(10-36)54-34)9-23(39)51-7-6-15-17(8-22(38)48-2)19(31(47)50-4)13-53-33(15)57-35-29(45)27(43)25(41)21(11-37)55-35/h5-6,12-13,16-17,20-21,24-29,32-37,40-45H,7-11H2,1-4H3. The lowest BCUT2D eigenvalue weighted by Gasteiger charge is -2.42. The Morgan fingerprint density at radius 3 is 1.49 bits per heavy atom. The van der Waals surface area contributed by atoms with Gasteiger partial charge in [-0.05, 0) is 13.0 Å². The van der Waals surface area contributed by atoms with Gasteiger partial charge in [0.05, 0.1) is 71.1 Å². The maximum Gasteiger partial charge on any atom is 0.337 e. The van der Waals surface area contributed by atoms with E-state index in [1.165, 1.54) is 19.1 Å². The monoisotopic (exact) mass is 820 g/mol. The van der Waals surface area contributed by atoms with Gasteiger partial charge in [0.2, 0.25) is 12.6 Å². The zero-order valence-corrected chi connectivity index (χ0v) is 31.2. The topological polar surface area (TPSA) is 322 Å². The van der Waals surface area contributed by atoms with Gasteiger partial charge in [0.15, 0.2) is 12.6 Å². The van der Waals surface area contributed by atoms with Gasteiger partial charge in [0.25, 0.3) is 0 Å². The molecule has 57 heavy (non-hydrogen) atoms. The van der Waals surface area contributed by atoms with E-state index < -0.39 is 142 Å². The molecule has 0 radical (unpaired) electrons. The predicted molar refractivity (Wildman–Crippen MR) is 181 cm³/mol. The Morgan fingerprint density at radius 1 is 0.632 bits per heavy atom. The van der Waals surface area contributed by atoms with Crippen LogP contribution in [0.15, 0.2) is 47.0 Å². The largest absolute Gasteiger partial charge is 0.469 e. The summed E-state index contributed by atoms with van der Waals surface area (Å²) in [5.41, 5.74) is -0.233. The Kier molecular flexibility index (Phi) is 16.5. The Hall–Kier alpha value is -4.04. The summed E-state index contributed by atoms with van der Waals surface area (Å²) >= 11 is 0. The molecule has 4 heterocycles. The minimum atomic E-state index is -1.87. The molecule has 0 saturated carbocycles. The van der Waals surface area contributed by atoms with Crippen LogP contribution in [0.3, 0.4) is 0 Å². The number of carbonyl (C=O) groups is 4. The molecular formula is C35H48O22. The smallest absolute Gasteiger partial charge is 0.337 e. The highest BCUT2D eigenvalue weighted by molar-refractivity contribution is 5.91. The van der Waals surface area contributed by atoms with Crippen molar-refractivity contribution < 1.29 is 107 Å². The van der Waals surface area contributed by atoms with E-state index in [9.17, 15) is 60.0 Å².